The van der Waals surface area contributed by atoms with Crippen LogP contribution in [0.15, 0.2) is 158 Å². The lowest BCUT2D eigenvalue weighted by Crippen LogP contribution is -1.85. The van der Waals surface area contributed by atoms with E-state index in [9.17, 15) is 0 Å². The fraction of sp³-hybridized carbons (Fsp3) is 0. The van der Waals surface area contributed by atoms with Gasteiger partial charge >= 0.3 is 0 Å². The van der Waals surface area contributed by atoms with Crippen LogP contribution < -0.4 is 0 Å². The van der Waals surface area contributed by atoms with Crippen molar-refractivity contribution in [3.63, 3.8) is 0 Å². The number of benzene rings is 9. The van der Waals surface area contributed by atoms with Crippen LogP contribution in [-0.4, -0.2) is 0 Å². The summed E-state index contributed by atoms with van der Waals surface area (Å²) in [5, 5.41) is 15.5. The number of hydrogen-bond donors (Lipinski definition) is 0. The van der Waals surface area contributed by atoms with Crippen LogP contribution in [-0.2, 0) is 0 Å². The molecule has 0 heterocycles. The zero-order valence-electron chi connectivity index (χ0n) is 23.0. The summed E-state index contributed by atoms with van der Waals surface area (Å²) in [7, 11) is 0. The quantitative estimate of drug-likeness (QED) is 0.195. The lowest BCUT2D eigenvalue weighted by atomic mass is 9.93. The second-order valence-electron chi connectivity index (χ2n) is 11.4. The Morgan fingerprint density at radius 2 is 0.452 bits per heavy atom. The maximum atomic E-state index is 2.33. The van der Waals surface area contributed by atoms with Gasteiger partial charge in [0.1, 0.15) is 0 Å². The summed E-state index contributed by atoms with van der Waals surface area (Å²) in [6.07, 6.45) is 0. The third-order valence-electron chi connectivity index (χ3n) is 8.99. The molecule has 0 bridgehead atoms. The van der Waals surface area contributed by atoms with Crippen LogP contribution in [0, 0.1) is 0 Å². The van der Waals surface area contributed by atoms with Crippen molar-refractivity contribution in [1.82, 2.24) is 0 Å². The van der Waals surface area contributed by atoms with Crippen LogP contribution >= 0.6 is 0 Å². The Kier molecular flexibility index (Phi) is 5.00. The van der Waals surface area contributed by atoms with Gasteiger partial charge in [-0.15, -0.1) is 0 Å². The molecule has 0 aromatic heterocycles. The molecule has 9 aromatic rings. The Morgan fingerprint density at radius 1 is 0.190 bits per heavy atom. The van der Waals surface area contributed by atoms with E-state index in [4.69, 9.17) is 0 Å². The molecule has 0 radical (unpaired) electrons. The molecule has 0 spiro atoms. The third-order valence-corrected chi connectivity index (χ3v) is 8.99. The number of rotatable bonds is 2. The van der Waals surface area contributed by atoms with E-state index in [-0.39, 0.29) is 0 Å². The maximum absolute atomic E-state index is 2.33. The summed E-state index contributed by atoms with van der Waals surface area (Å²) >= 11 is 0. The molecule has 194 valence electrons. The Hall–Kier alpha value is -5.46. The van der Waals surface area contributed by atoms with Crippen LogP contribution in [0.3, 0.4) is 0 Å². The summed E-state index contributed by atoms with van der Waals surface area (Å²) in [6.45, 7) is 0. The SMILES string of the molecule is c1ccc2c(c1)ccc1cc(-c3ccc4c(ccc5cc(-c6ccc7c(ccc8ccccc87)c6)ccc54)c3)ccc12. The van der Waals surface area contributed by atoms with Crippen molar-refractivity contribution in [3.05, 3.63) is 158 Å². The van der Waals surface area contributed by atoms with E-state index < -0.39 is 0 Å². The lowest BCUT2D eigenvalue weighted by Gasteiger charge is -2.11. The van der Waals surface area contributed by atoms with Crippen molar-refractivity contribution in [2.45, 2.75) is 0 Å². The third kappa shape index (κ3) is 3.62. The lowest BCUT2D eigenvalue weighted by molar-refractivity contribution is 1.67. The van der Waals surface area contributed by atoms with Gasteiger partial charge in [-0.2, -0.15) is 0 Å². The molecule has 0 nitrogen and oxygen atoms in total. The van der Waals surface area contributed by atoms with Gasteiger partial charge in [-0.3, -0.25) is 0 Å². The molecule has 0 unspecified atom stereocenters. The molecule has 9 rings (SSSR count). The topological polar surface area (TPSA) is 0 Å². The van der Waals surface area contributed by atoms with Gasteiger partial charge in [0.25, 0.3) is 0 Å². The van der Waals surface area contributed by atoms with E-state index >= 15 is 0 Å². The summed E-state index contributed by atoms with van der Waals surface area (Å²) in [5.74, 6) is 0. The Labute approximate surface area is 244 Å². The average molecular weight is 531 g/mol. The van der Waals surface area contributed by atoms with Crippen LogP contribution in [0.4, 0.5) is 0 Å². The van der Waals surface area contributed by atoms with Crippen molar-refractivity contribution in [2.75, 3.05) is 0 Å². The van der Waals surface area contributed by atoms with Crippen molar-refractivity contribution >= 4 is 64.6 Å². The van der Waals surface area contributed by atoms with Gasteiger partial charge in [-0.1, -0.05) is 133 Å². The first kappa shape index (κ1) is 23.3. The van der Waals surface area contributed by atoms with E-state index in [0.29, 0.717) is 0 Å². The Morgan fingerprint density at radius 3 is 0.786 bits per heavy atom. The molecular weight excluding hydrogens is 504 g/mol. The first-order chi connectivity index (χ1) is 20.8. The highest BCUT2D eigenvalue weighted by atomic mass is 14.1. The Bertz CT molecular complexity index is 2340. The van der Waals surface area contributed by atoms with Gasteiger partial charge in [0, 0.05) is 0 Å². The number of hydrogen-bond acceptors (Lipinski definition) is 0. The molecule has 0 aliphatic rings. The largest absolute Gasteiger partial charge is 0.0616 e. The predicted octanol–water partition coefficient (Wildman–Crippen LogP) is 11.9. The zero-order chi connectivity index (χ0) is 27.6. The monoisotopic (exact) mass is 530 g/mol. The maximum Gasteiger partial charge on any atom is -0.0105 e. The van der Waals surface area contributed by atoms with Crippen molar-refractivity contribution in [3.8, 4) is 22.3 Å². The summed E-state index contributed by atoms with van der Waals surface area (Å²) in [4.78, 5) is 0. The van der Waals surface area contributed by atoms with E-state index in [1.807, 2.05) is 0 Å². The van der Waals surface area contributed by atoms with Crippen molar-refractivity contribution < 1.29 is 0 Å². The summed E-state index contributed by atoms with van der Waals surface area (Å²) in [6, 6.07) is 58.2. The highest BCUT2D eigenvalue weighted by Gasteiger charge is 2.09. The van der Waals surface area contributed by atoms with Gasteiger partial charge in [0.05, 0.1) is 0 Å². The second-order valence-corrected chi connectivity index (χ2v) is 11.4. The first-order valence-corrected chi connectivity index (χ1v) is 14.6. The van der Waals surface area contributed by atoms with Gasteiger partial charge in [0.2, 0.25) is 0 Å². The molecule has 0 fully saturated rings. The smallest absolute Gasteiger partial charge is 0.0105 e. The second kappa shape index (κ2) is 9.03. The minimum absolute atomic E-state index is 1.25. The molecule has 0 N–H and O–H groups in total. The fourth-order valence-corrected chi connectivity index (χ4v) is 6.82. The van der Waals surface area contributed by atoms with Gasteiger partial charge < -0.3 is 0 Å². The molecule has 0 amide bonds. The van der Waals surface area contributed by atoms with Gasteiger partial charge in [-0.25, -0.2) is 0 Å². The van der Waals surface area contributed by atoms with E-state index in [1.54, 1.807) is 0 Å². The molecule has 0 heteroatoms. The molecule has 0 aliphatic heterocycles. The summed E-state index contributed by atoms with van der Waals surface area (Å²) in [5.41, 5.74) is 4.99. The molecule has 0 saturated heterocycles. The van der Waals surface area contributed by atoms with Crippen molar-refractivity contribution in [1.29, 1.82) is 0 Å². The van der Waals surface area contributed by atoms with Crippen LogP contribution in [0.1, 0.15) is 0 Å². The highest BCUT2D eigenvalue weighted by molar-refractivity contribution is 6.12. The van der Waals surface area contributed by atoms with E-state index in [0.717, 1.165) is 0 Å². The molecular formula is C42H26. The van der Waals surface area contributed by atoms with Crippen LogP contribution in [0.5, 0.6) is 0 Å². The molecule has 9 aromatic carbocycles. The zero-order valence-corrected chi connectivity index (χ0v) is 23.0. The van der Waals surface area contributed by atoms with Gasteiger partial charge in [-0.05, 0) is 111 Å². The predicted molar refractivity (Wildman–Crippen MR) is 182 cm³/mol. The molecule has 0 atom stereocenters. The fourth-order valence-electron chi connectivity index (χ4n) is 6.82. The highest BCUT2D eigenvalue weighted by Crippen LogP contribution is 2.35. The Balaban J connectivity index is 1.11. The minimum atomic E-state index is 1.25. The van der Waals surface area contributed by atoms with Crippen LogP contribution in [0.2, 0.25) is 0 Å². The average Bonchev–Trinajstić information content (AvgIpc) is 3.07. The minimum Gasteiger partial charge on any atom is -0.0616 e. The summed E-state index contributed by atoms with van der Waals surface area (Å²) < 4.78 is 0. The molecule has 0 saturated carbocycles. The molecule has 42 heavy (non-hydrogen) atoms. The van der Waals surface area contributed by atoms with E-state index in [2.05, 4.69) is 158 Å². The molecule has 0 aliphatic carbocycles. The first-order valence-electron chi connectivity index (χ1n) is 14.6. The van der Waals surface area contributed by atoms with Gasteiger partial charge in [0.15, 0.2) is 0 Å². The number of fused-ring (bicyclic) bond motifs is 9. The standard InChI is InChI=1S/C42H26/c1-3-7-37-27(5-1)9-11-33-23-29(15-19-39(33)37)31-17-21-41-35(25-31)13-14-36-26-32(18-22-42(36)41)30-16-20-40-34(24-30)12-10-28-6-2-4-8-38(28)40/h1-26H. The van der Waals surface area contributed by atoms with Crippen LogP contribution in [0.25, 0.3) is 86.9 Å². The van der Waals surface area contributed by atoms with Crippen molar-refractivity contribution in [2.24, 2.45) is 0 Å². The normalized spacial score (nSPS) is 11.8. The van der Waals surface area contributed by atoms with E-state index in [1.165, 1.54) is 86.9 Å².